The molecule has 1 unspecified atom stereocenters. The van der Waals surface area contributed by atoms with Crippen LogP contribution >= 0.6 is 0 Å². The molecule has 0 amide bonds. The SMILES string of the molecule is C[C@@H]1CCCN2CCCCC12. The van der Waals surface area contributed by atoms with Crippen molar-refractivity contribution in [2.75, 3.05) is 13.1 Å². The van der Waals surface area contributed by atoms with Gasteiger partial charge in [-0.15, -0.1) is 0 Å². The van der Waals surface area contributed by atoms with Crippen LogP contribution in [0.1, 0.15) is 39.0 Å². The van der Waals surface area contributed by atoms with E-state index in [9.17, 15) is 0 Å². The first kappa shape index (κ1) is 7.60. The number of rotatable bonds is 0. The molecule has 64 valence electrons. The molecule has 1 heteroatoms. The van der Waals surface area contributed by atoms with E-state index < -0.39 is 0 Å². The van der Waals surface area contributed by atoms with Crippen LogP contribution in [0.25, 0.3) is 0 Å². The maximum Gasteiger partial charge on any atom is 0.0121 e. The van der Waals surface area contributed by atoms with E-state index in [-0.39, 0.29) is 0 Å². The summed E-state index contributed by atoms with van der Waals surface area (Å²) in [5.41, 5.74) is 0. The van der Waals surface area contributed by atoms with Crippen molar-refractivity contribution in [1.82, 2.24) is 4.90 Å². The highest BCUT2D eigenvalue weighted by atomic mass is 15.2. The van der Waals surface area contributed by atoms with Gasteiger partial charge in [0.1, 0.15) is 0 Å². The largest absolute Gasteiger partial charge is 0.300 e. The van der Waals surface area contributed by atoms with Gasteiger partial charge in [-0.1, -0.05) is 13.3 Å². The number of hydrogen-bond acceptors (Lipinski definition) is 1. The van der Waals surface area contributed by atoms with Gasteiger partial charge in [-0.25, -0.2) is 0 Å². The van der Waals surface area contributed by atoms with Crippen molar-refractivity contribution in [2.24, 2.45) is 5.92 Å². The minimum absolute atomic E-state index is 0.956. The Morgan fingerprint density at radius 3 is 2.64 bits per heavy atom. The predicted octanol–water partition coefficient (Wildman–Crippen LogP) is 2.27. The second-order valence-electron chi connectivity index (χ2n) is 4.22. The van der Waals surface area contributed by atoms with Crippen LogP contribution in [0.5, 0.6) is 0 Å². The Hall–Kier alpha value is -0.0400. The molecule has 0 aromatic carbocycles. The minimum Gasteiger partial charge on any atom is -0.300 e. The Morgan fingerprint density at radius 1 is 1.00 bits per heavy atom. The molecule has 2 heterocycles. The Bertz CT molecular complexity index is 131. The average Bonchev–Trinajstić information content (AvgIpc) is 2.06. The smallest absolute Gasteiger partial charge is 0.0121 e. The first-order chi connectivity index (χ1) is 5.38. The monoisotopic (exact) mass is 153 g/mol. The molecular weight excluding hydrogens is 134 g/mol. The van der Waals surface area contributed by atoms with Gasteiger partial charge in [0.25, 0.3) is 0 Å². The summed E-state index contributed by atoms with van der Waals surface area (Å²) in [4.78, 5) is 2.72. The molecule has 2 aliphatic heterocycles. The summed E-state index contributed by atoms with van der Waals surface area (Å²) in [5, 5.41) is 0. The molecule has 2 saturated heterocycles. The normalized spacial score (nSPS) is 40.1. The van der Waals surface area contributed by atoms with E-state index in [0.717, 1.165) is 12.0 Å². The highest BCUT2D eigenvalue weighted by molar-refractivity contribution is 4.84. The van der Waals surface area contributed by atoms with Crippen molar-refractivity contribution < 1.29 is 0 Å². The van der Waals surface area contributed by atoms with E-state index in [1.807, 2.05) is 0 Å². The molecule has 0 N–H and O–H groups in total. The van der Waals surface area contributed by atoms with Crippen LogP contribution in [0.15, 0.2) is 0 Å². The first-order valence-electron chi connectivity index (χ1n) is 5.12. The van der Waals surface area contributed by atoms with Crippen LogP contribution in [0.2, 0.25) is 0 Å². The van der Waals surface area contributed by atoms with Crippen LogP contribution in [0.4, 0.5) is 0 Å². The van der Waals surface area contributed by atoms with Crippen LogP contribution in [0.3, 0.4) is 0 Å². The van der Waals surface area contributed by atoms with E-state index in [4.69, 9.17) is 0 Å². The van der Waals surface area contributed by atoms with Crippen molar-refractivity contribution >= 4 is 0 Å². The fraction of sp³-hybridized carbons (Fsp3) is 1.00. The fourth-order valence-electron chi connectivity index (χ4n) is 2.75. The molecule has 0 spiro atoms. The van der Waals surface area contributed by atoms with Gasteiger partial charge in [-0.3, -0.25) is 0 Å². The Morgan fingerprint density at radius 2 is 1.82 bits per heavy atom. The maximum absolute atomic E-state index is 2.72. The Labute approximate surface area is 69.8 Å². The molecule has 2 atom stereocenters. The molecule has 0 saturated carbocycles. The molecule has 2 aliphatic rings. The van der Waals surface area contributed by atoms with Crippen molar-refractivity contribution in [3.8, 4) is 0 Å². The third-order valence-corrected chi connectivity index (χ3v) is 3.43. The molecule has 1 nitrogen and oxygen atoms in total. The van der Waals surface area contributed by atoms with Crippen LogP contribution in [-0.2, 0) is 0 Å². The zero-order valence-electron chi connectivity index (χ0n) is 7.55. The molecule has 0 radical (unpaired) electrons. The van der Waals surface area contributed by atoms with Crippen molar-refractivity contribution in [1.29, 1.82) is 0 Å². The maximum atomic E-state index is 2.72. The summed E-state index contributed by atoms with van der Waals surface area (Å²) in [6.45, 7) is 5.20. The van der Waals surface area contributed by atoms with E-state index >= 15 is 0 Å². The zero-order chi connectivity index (χ0) is 7.68. The third kappa shape index (κ3) is 1.44. The van der Waals surface area contributed by atoms with E-state index in [0.29, 0.717) is 0 Å². The van der Waals surface area contributed by atoms with Gasteiger partial charge in [0.15, 0.2) is 0 Å². The lowest BCUT2D eigenvalue weighted by molar-refractivity contribution is 0.0674. The van der Waals surface area contributed by atoms with Gasteiger partial charge in [0.2, 0.25) is 0 Å². The van der Waals surface area contributed by atoms with E-state index in [2.05, 4.69) is 11.8 Å². The predicted molar refractivity (Wildman–Crippen MR) is 47.6 cm³/mol. The summed E-state index contributed by atoms with van der Waals surface area (Å²) in [5.74, 6) is 0.976. The number of hydrogen-bond donors (Lipinski definition) is 0. The second kappa shape index (κ2) is 3.14. The molecule has 0 aliphatic carbocycles. The standard InChI is InChI=1S/C10H19N/c1-9-5-4-8-11-7-3-2-6-10(9)11/h9-10H,2-8H2,1H3/t9-,10?/m1/s1. The van der Waals surface area contributed by atoms with Gasteiger partial charge in [0, 0.05) is 6.04 Å². The lowest BCUT2D eigenvalue weighted by Gasteiger charge is -2.43. The fourth-order valence-corrected chi connectivity index (χ4v) is 2.75. The van der Waals surface area contributed by atoms with Crippen molar-refractivity contribution in [3.05, 3.63) is 0 Å². The summed E-state index contributed by atoms with van der Waals surface area (Å²) < 4.78 is 0. The zero-order valence-corrected chi connectivity index (χ0v) is 7.55. The van der Waals surface area contributed by atoms with Gasteiger partial charge < -0.3 is 4.90 Å². The third-order valence-electron chi connectivity index (χ3n) is 3.43. The van der Waals surface area contributed by atoms with Crippen LogP contribution in [-0.4, -0.2) is 24.0 Å². The van der Waals surface area contributed by atoms with Crippen molar-refractivity contribution in [3.63, 3.8) is 0 Å². The minimum atomic E-state index is 0.956. The molecular formula is C10H19N. The highest BCUT2D eigenvalue weighted by Gasteiger charge is 2.29. The van der Waals surface area contributed by atoms with Crippen LogP contribution < -0.4 is 0 Å². The van der Waals surface area contributed by atoms with Gasteiger partial charge in [0.05, 0.1) is 0 Å². The molecule has 2 fully saturated rings. The summed E-state index contributed by atoms with van der Waals surface area (Å²) in [6.07, 6.45) is 7.31. The Balaban J connectivity index is 1.99. The average molecular weight is 153 g/mol. The number of fused-ring (bicyclic) bond motifs is 1. The van der Waals surface area contributed by atoms with Gasteiger partial charge in [-0.05, 0) is 44.7 Å². The molecule has 0 bridgehead atoms. The lowest BCUT2D eigenvalue weighted by Crippen LogP contribution is -2.46. The summed E-state index contributed by atoms with van der Waals surface area (Å²) >= 11 is 0. The number of piperidine rings is 2. The lowest BCUT2D eigenvalue weighted by atomic mass is 9.85. The number of nitrogens with zero attached hydrogens (tertiary/aromatic N) is 1. The topological polar surface area (TPSA) is 3.24 Å². The van der Waals surface area contributed by atoms with E-state index in [1.54, 1.807) is 0 Å². The highest BCUT2D eigenvalue weighted by Crippen LogP contribution is 2.29. The summed E-state index contributed by atoms with van der Waals surface area (Å²) in [7, 11) is 0. The van der Waals surface area contributed by atoms with E-state index in [1.165, 1.54) is 45.2 Å². The quantitative estimate of drug-likeness (QED) is 0.516. The van der Waals surface area contributed by atoms with Crippen molar-refractivity contribution in [2.45, 2.75) is 45.1 Å². The van der Waals surface area contributed by atoms with Crippen LogP contribution in [0, 0.1) is 5.92 Å². The molecule has 11 heavy (non-hydrogen) atoms. The second-order valence-corrected chi connectivity index (χ2v) is 4.22. The van der Waals surface area contributed by atoms with Gasteiger partial charge >= 0.3 is 0 Å². The molecule has 2 rings (SSSR count). The first-order valence-corrected chi connectivity index (χ1v) is 5.12. The molecule has 0 aromatic heterocycles. The molecule has 0 aromatic rings. The summed E-state index contributed by atoms with van der Waals surface area (Å²) in [6, 6.07) is 0.956. The van der Waals surface area contributed by atoms with Gasteiger partial charge in [-0.2, -0.15) is 0 Å². The Kier molecular flexibility index (Phi) is 2.17.